The fraction of sp³-hybridized carbons (Fsp3) is 0.650. The van der Waals surface area contributed by atoms with Gasteiger partial charge in [-0.2, -0.15) is 10.2 Å². The van der Waals surface area contributed by atoms with Crippen molar-refractivity contribution in [1.82, 2.24) is 29.4 Å². The van der Waals surface area contributed by atoms with Gasteiger partial charge in [-0.3, -0.25) is 19.3 Å². The van der Waals surface area contributed by atoms with Crippen molar-refractivity contribution in [2.45, 2.75) is 45.5 Å². The van der Waals surface area contributed by atoms with Crippen molar-refractivity contribution in [3.05, 3.63) is 45.1 Å². The second-order valence-electron chi connectivity index (χ2n) is 8.04. The van der Waals surface area contributed by atoms with Gasteiger partial charge in [-0.05, 0) is 24.8 Å². The molecule has 5 rings (SSSR count). The van der Waals surface area contributed by atoms with Crippen molar-refractivity contribution in [3.63, 3.8) is 0 Å². The summed E-state index contributed by atoms with van der Waals surface area (Å²) in [5.74, 6) is 0. The summed E-state index contributed by atoms with van der Waals surface area (Å²) in [6.07, 6.45) is 5.15. The minimum Gasteiger partial charge on any atom is -0.373 e. The van der Waals surface area contributed by atoms with E-state index in [1.165, 1.54) is 11.3 Å². The number of aryl methyl sites for hydroxylation is 2. The summed E-state index contributed by atoms with van der Waals surface area (Å²) in [6.45, 7) is 8.94. The zero-order chi connectivity index (χ0) is 18.9. The second-order valence-corrected chi connectivity index (χ2v) is 8.04. The fourth-order valence-corrected chi connectivity index (χ4v) is 4.51. The summed E-state index contributed by atoms with van der Waals surface area (Å²) in [4.78, 5) is 17.2. The van der Waals surface area contributed by atoms with Gasteiger partial charge in [0.25, 0.3) is 5.56 Å². The predicted molar refractivity (Wildman–Crippen MR) is 104 cm³/mol. The number of hydrogen-bond acceptors (Lipinski definition) is 6. The maximum Gasteiger partial charge on any atom is 0.267 e. The predicted octanol–water partition coefficient (Wildman–Crippen LogP) is 0.277. The molecular formula is C20H28N6O2. The Kier molecular flexibility index (Phi) is 5.00. The van der Waals surface area contributed by atoms with E-state index in [2.05, 4.69) is 24.7 Å². The third-order valence-electron chi connectivity index (χ3n) is 6.23. The van der Waals surface area contributed by atoms with Crippen molar-refractivity contribution >= 4 is 0 Å². The van der Waals surface area contributed by atoms with E-state index in [0.29, 0.717) is 13.2 Å². The van der Waals surface area contributed by atoms with Gasteiger partial charge in [0, 0.05) is 50.9 Å². The molecule has 1 aliphatic carbocycles. The van der Waals surface area contributed by atoms with E-state index in [1.54, 1.807) is 10.7 Å². The maximum absolute atomic E-state index is 12.3. The van der Waals surface area contributed by atoms with Crippen molar-refractivity contribution in [1.29, 1.82) is 0 Å². The van der Waals surface area contributed by atoms with Crippen LogP contribution in [0.3, 0.4) is 0 Å². The average Bonchev–Trinajstić information content (AvgIpc) is 3.34. The molecule has 2 aromatic heterocycles. The molecule has 0 bridgehead atoms. The Labute approximate surface area is 164 Å². The molecule has 0 spiro atoms. The third-order valence-corrected chi connectivity index (χ3v) is 6.23. The smallest absolute Gasteiger partial charge is 0.267 e. The van der Waals surface area contributed by atoms with E-state index in [0.717, 1.165) is 82.9 Å². The number of fused-ring (bicyclic) bond motifs is 2. The maximum atomic E-state index is 12.3. The van der Waals surface area contributed by atoms with E-state index in [4.69, 9.17) is 4.74 Å². The molecule has 0 saturated carbocycles. The Morgan fingerprint density at radius 1 is 1.04 bits per heavy atom. The molecule has 0 aromatic carbocycles. The van der Waals surface area contributed by atoms with Gasteiger partial charge in [0.05, 0.1) is 43.9 Å². The van der Waals surface area contributed by atoms with Crippen LogP contribution in [0.1, 0.15) is 28.9 Å². The molecular weight excluding hydrogens is 356 g/mol. The quantitative estimate of drug-likeness (QED) is 0.738. The van der Waals surface area contributed by atoms with Crippen molar-refractivity contribution in [3.8, 4) is 0 Å². The van der Waals surface area contributed by atoms with Gasteiger partial charge in [-0.15, -0.1) is 0 Å². The lowest BCUT2D eigenvalue weighted by Gasteiger charge is -2.34. The Bertz CT molecular complexity index is 897. The van der Waals surface area contributed by atoms with E-state index >= 15 is 0 Å². The Morgan fingerprint density at radius 3 is 2.79 bits per heavy atom. The van der Waals surface area contributed by atoms with Crippen LogP contribution in [0, 0.1) is 0 Å². The van der Waals surface area contributed by atoms with Crippen LogP contribution >= 0.6 is 0 Å². The minimum absolute atomic E-state index is 0.0486. The number of ether oxygens (including phenoxy) is 1. The largest absolute Gasteiger partial charge is 0.373 e. The summed E-state index contributed by atoms with van der Waals surface area (Å²) in [6, 6.07) is 1.80. The van der Waals surface area contributed by atoms with Crippen molar-refractivity contribution < 1.29 is 4.74 Å². The monoisotopic (exact) mass is 384 g/mol. The minimum atomic E-state index is 0.0486. The molecule has 0 unspecified atom stereocenters. The molecule has 4 heterocycles. The summed E-state index contributed by atoms with van der Waals surface area (Å²) in [5.41, 5.74) is 4.85. The number of piperazine rings is 1. The SMILES string of the molecule is O=c1cc2c(nn1CCN1CCN(Cc3cnn4c3COCC4)CC1)CCC2. The van der Waals surface area contributed by atoms with E-state index in [9.17, 15) is 4.79 Å². The summed E-state index contributed by atoms with van der Waals surface area (Å²) in [5, 5.41) is 9.08. The normalized spacial score (nSPS) is 20.3. The first kappa shape index (κ1) is 18.0. The summed E-state index contributed by atoms with van der Waals surface area (Å²) in [7, 11) is 0. The summed E-state index contributed by atoms with van der Waals surface area (Å²) >= 11 is 0. The fourth-order valence-electron chi connectivity index (χ4n) is 4.51. The Balaban J connectivity index is 1.13. The molecule has 3 aliphatic rings. The molecule has 0 radical (unpaired) electrons. The van der Waals surface area contributed by atoms with Crippen LogP contribution in [-0.4, -0.2) is 68.7 Å². The Morgan fingerprint density at radius 2 is 1.89 bits per heavy atom. The van der Waals surface area contributed by atoms with Gasteiger partial charge in [0.15, 0.2) is 0 Å². The highest BCUT2D eigenvalue weighted by Crippen LogP contribution is 2.18. The first-order valence-corrected chi connectivity index (χ1v) is 10.4. The molecule has 1 fully saturated rings. The standard InChI is InChI=1S/C20H28N6O2/c27-20-12-16-2-1-3-18(16)22-26(20)9-8-23-4-6-24(7-5-23)14-17-13-21-25-10-11-28-15-19(17)25/h12-13H,1-11,14-15H2. The van der Waals surface area contributed by atoms with Crippen LogP contribution in [0.4, 0.5) is 0 Å². The molecule has 8 nitrogen and oxygen atoms in total. The second kappa shape index (κ2) is 7.77. The van der Waals surface area contributed by atoms with Crippen LogP contribution in [0.25, 0.3) is 0 Å². The highest BCUT2D eigenvalue weighted by Gasteiger charge is 2.21. The highest BCUT2D eigenvalue weighted by molar-refractivity contribution is 5.22. The highest BCUT2D eigenvalue weighted by atomic mass is 16.5. The van der Waals surface area contributed by atoms with E-state index in [1.807, 2.05) is 6.20 Å². The molecule has 1 saturated heterocycles. The lowest BCUT2D eigenvalue weighted by atomic mass is 10.2. The Hall–Kier alpha value is -2.03. The van der Waals surface area contributed by atoms with Gasteiger partial charge in [0.1, 0.15) is 0 Å². The molecule has 2 aliphatic heterocycles. The lowest BCUT2D eigenvalue weighted by Crippen LogP contribution is -2.47. The molecule has 150 valence electrons. The number of hydrogen-bond donors (Lipinski definition) is 0. The van der Waals surface area contributed by atoms with Gasteiger partial charge in [-0.1, -0.05) is 0 Å². The molecule has 8 heteroatoms. The first-order valence-electron chi connectivity index (χ1n) is 10.4. The van der Waals surface area contributed by atoms with E-state index in [-0.39, 0.29) is 5.56 Å². The van der Waals surface area contributed by atoms with Gasteiger partial charge in [0.2, 0.25) is 0 Å². The molecule has 28 heavy (non-hydrogen) atoms. The number of aromatic nitrogens is 4. The first-order chi connectivity index (χ1) is 13.8. The molecule has 2 aromatic rings. The summed E-state index contributed by atoms with van der Waals surface area (Å²) < 4.78 is 9.33. The van der Waals surface area contributed by atoms with Gasteiger partial charge < -0.3 is 4.74 Å². The third kappa shape index (κ3) is 3.64. The molecule has 0 N–H and O–H groups in total. The van der Waals surface area contributed by atoms with Crippen LogP contribution in [0.5, 0.6) is 0 Å². The zero-order valence-corrected chi connectivity index (χ0v) is 16.3. The molecule has 0 amide bonds. The molecule has 0 atom stereocenters. The lowest BCUT2D eigenvalue weighted by molar-refractivity contribution is 0.0775. The van der Waals surface area contributed by atoms with Gasteiger partial charge >= 0.3 is 0 Å². The van der Waals surface area contributed by atoms with Crippen molar-refractivity contribution in [2.75, 3.05) is 39.3 Å². The number of rotatable bonds is 5. The van der Waals surface area contributed by atoms with Crippen LogP contribution < -0.4 is 5.56 Å². The average molecular weight is 384 g/mol. The zero-order valence-electron chi connectivity index (χ0n) is 16.3. The van der Waals surface area contributed by atoms with Crippen LogP contribution in [0.15, 0.2) is 17.1 Å². The van der Waals surface area contributed by atoms with E-state index < -0.39 is 0 Å². The number of nitrogens with zero attached hydrogens (tertiary/aromatic N) is 6. The topological polar surface area (TPSA) is 68.4 Å². The van der Waals surface area contributed by atoms with Crippen molar-refractivity contribution in [2.24, 2.45) is 0 Å². The van der Waals surface area contributed by atoms with Crippen LogP contribution in [0.2, 0.25) is 0 Å². The van der Waals surface area contributed by atoms with Crippen LogP contribution in [-0.2, 0) is 43.8 Å². The van der Waals surface area contributed by atoms with Gasteiger partial charge in [-0.25, -0.2) is 4.68 Å².